The lowest BCUT2D eigenvalue weighted by atomic mass is 10.1. The summed E-state index contributed by atoms with van der Waals surface area (Å²) in [6, 6.07) is 9.13. The number of carbonyl (C=O) groups is 2. The number of para-hydroxylation sites is 1. The molecular formula is C17H22N6O2S. The molecule has 0 unspecified atom stereocenters. The minimum atomic E-state index is -0.238. The number of amides is 1. The number of carbonyl (C=O) groups excluding carboxylic acids is 2. The summed E-state index contributed by atoms with van der Waals surface area (Å²) in [6.45, 7) is 4.74. The van der Waals surface area contributed by atoms with E-state index in [9.17, 15) is 9.59 Å². The zero-order valence-electron chi connectivity index (χ0n) is 14.8. The Hall–Kier alpha value is -2.26. The van der Waals surface area contributed by atoms with Gasteiger partial charge in [0.25, 0.3) is 5.24 Å². The third-order valence-corrected chi connectivity index (χ3v) is 5.10. The second-order valence-corrected chi connectivity index (χ2v) is 7.33. The van der Waals surface area contributed by atoms with Crippen LogP contribution in [0.1, 0.15) is 26.7 Å². The van der Waals surface area contributed by atoms with Crippen LogP contribution in [0.15, 0.2) is 35.5 Å². The molecule has 9 heteroatoms. The van der Waals surface area contributed by atoms with Gasteiger partial charge in [0.1, 0.15) is 0 Å². The number of aromatic nitrogens is 4. The number of benzene rings is 1. The maximum atomic E-state index is 12.8. The lowest BCUT2D eigenvalue weighted by Gasteiger charge is -2.26. The van der Waals surface area contributed by atoms with Crippen molar-refractivity contribution in [3.8, 4) is 5.69 Å². The topological polar surface area (TPSA) is 93.0 Å². The number of Topliss-reactive ketones (excluding diaryl/α,β-unsaturated/α-hetero) is 1. The van der Waals surface area contributed by atoms with Crippen LogP contribution in [-0.2, 0) is 4.79 Å². The second-order valence-electron chi connectivity index (χ2n) is 6.41. The van der Waals surface area contributed by atoms with Crippen LogP contribution < -0.4 is 5.32 Å². The molecule has 1 amide bonds. The van der Waals surface area contributed by atoms with Crippen LogP contribution in [0.3, 0.4) is 0 Å². The number of ketones is 1. The Labute approximate surface area is 156 Å². The normalized spacial score (nSPS) is 16.8. The van der Waals surface area contributed by atoms with Gasteiger partial charge >= 0.3 is 0 Å². The summed E-state index contributed by atoms with van der Waals surface area (Å²) >= 11 is 0.934. The average Bonchev–Trinajstić information content (AvgIpc) is 3.31. The Kier molecular flexibility index (Phi) is 6.00. The summed E-state index contributed by atoms with van der Waals surface area (Å²) in [7, 11) is 0. The summed E-state index contributed by atoms with van der Waals surface area (Å²) in [6.07, 6.45) is 1.82. The van der Waals surface area contributed by atoms with Crippen molar-refractivity contribution in [1.29, 1.82) is 0 Å². The van der Waals surface area contributed by atoms with E-state index in [0.29, 0.717) is 5.16 Å². The third kappa shape index (κ3) is 4.28. The van der Waals surface area contributed by atoms with Gasteiger partial charge in [-0.1, -0.05) is 18.2 Å². The Morgan fingerprint density at radius 1 is 1.35 bits per heavy atom. The van der Waals surface area contributed by atoms with Crippen LogP contribution in [0, 0.1) is 0 Å². The van der Waals surface area contributed by atoms with E-state index in [1.54, 1.807) is 4.90 Å². The highest BCUT2D eigenvalue weighted by molar-refractivity contribution is 8.13. The first-order valence-electron chi connectivity index (χ1n) is 8.64. The van der Waals surface area contributed by atoms with Crippen LogP contribution in [0.2, 0.25) is 0 Å². The molecule has 0 radical (unpaired) electrons. The Morgan fingerprint density at radius 3 is 2.77 bits per heavy atom. The van der Waals surface area contributed by atoms with Crippen LogP contribution in [-0.4, -0.2) is 61.3 Å². The zero-order chi connectivity index (χ0) is 18.5. The van der Waals surface area contributed by atoms with E-state index >= 15 is 0 Å². The number of nitrogens with one attached hydrogen (secondary N) is 1. The highest BCUT2D eigenvalue weighted by Gasteiger charge is 2.28. The van der Waals surface area contributed by atoms with Crippen molar-refractivity contribution in [2.24, 2.45) is 0 Å². The average molecular weight is 374 g/mol. The minimum absolute atomic E-state index is 0.0489. The summed E-state index contributed by atoms with van der Waals surface area (Å²) < 4.78 is 1.52. The number of tetrazole rings is 1. The van der Waals surface area contributed by atoms with E-state index in [1.165, 1.54) is 4.68 Å². The molecular weight excluding hydrogens is 352 g/mol. The molecule has 0 saturated carbocycles. The van der Waals surface area contributed by atoms with E-state index in [4.69, 9.17) is 0 Å². The summed E-state index contributed by atoms with van der Waals surface area (Å²) in [5, 5.41) is 14.9. The number of nitrogens with zero attached hydrogens (tertiary/aromatic N) is 5. The highest BCUT2D eigenvalue weighted by atomic mass is 32.2. The maximum Gasteiger partial charge on any atom is 0.290 e. The van der Waals surface area contributed by atoms with E-state index < -0.39 is 0 Å². The molecule has 138 valence electrons. The monoisotopic (exact) mass is 374 g/mol. The summed E-state index contributed by atoms with van der Waals surface area (Å²) in [5.41, 5.74) is 0.773. The van der Waals surface area contributed by atoms with Gasteiger partial charge in [0.2, 0.25) is 5.16 Å². The molecule has 2 heterocycles. The molecule has 0 spiro atoms. The van der Waals surface area contributed by atoms with Crippen LogP contribution in [0.5, 0.6) is 0 Å². The number of thioether (sulfide) groups is 1. The van der Waals surface area contributed by atoms with Crippen molar-refractivity contribution in [2.45, 2.75) is 43.9 Å². The fraction of sp³-hybridized carbons (Fsp3) is 0.471. The van der Waals surface area contributed by atoms with Gasteiger partial charge in [-0.15, -0.1) is 5.10 Å². The molecule has 1 N–H and O–H groups in total. The lowest BCUT2D eigenvalue weighted by molar-refractivity contribution is -0.121. The van der Waals surface area contributed by atoms with Gasteiger partial charge in [-0.05, 0) is 55.8 Å². The quantitative estimate of drug-likeness (QED) is 0.772. The van der Waals surface area contributed by atoms with Gasteiger partial charge in [-0.2, -0.15) is 4.68 Å². The molecule has 1 aromatic heterocycles. The summed E-state index contributed by atoms with van der Waals surface area (Å²) in [5.74, 6) is 0.0489. The van der Waals surface area contributed by atoms with Gasteiger partial charge < -0.3 is 10.2 Å². The van der Waals surface area contributed by atoms with Crippen LogP contribution in [0.4, 0.5) is 4.79 Å². The Balaban J connectivity index is 1.71. The minimum Gasteiger partial charge on any atom is -0.323 e. The first-order chi connectivity index (χ1) is 12.6. The van der Waals surface area contributed by atoms with Crippen LogP contribution in [0.25, 0.3) is 5.69 Å². The standard InChI is InChI=1S/C17H22N6O2S/c1-12(2)22(11-15(24)14-9-6-10-18-14)17(25)26-16-19-20-21-23(16)13-7-4-3-5-8-13/h3-5,7-8,12,14,18H,6,9-11H2,1-2H3/t14-/m0/s1. The number of hydrogen-bond donors (Lipinski definition) is 1. The second kappa shape index (κ2) is 8.41. The molecule has 0 aliphatic carbocycles. The smallest absolute Gasteiger partial charge is 0.290 e. The lowest BCUT2D eigenvalue weighted by Crippen LogP contribution is -2.44. The SMILES string of the molecule is CC(C)N(CC(=O)[C@@H]1CCCN1)C(=O)Sc1nnnn1-c1ccccc1. The predicted octanol–water partition coefficient (Wildman–Crippen LogP) is 1.91. The molecule has 2 aromatic rings. The highest BCUT2D eigenvalue weighted by Crippen LogP contribution is 2.22. The third-order valence-electron chi connectivity index (χ3n) is 4.25. The fourth-order valence-electron chi connectivity index (χ4n) is 2.81. The first kappa shape index (κ1) is 18.5. The molecule has 1 aliphatic rings. The van der Waals surface area contributed by atoms with Gasteiger partial charge in [0, 0.05) is 17.8 Å². The van der Waals surface area contributed by atoms with Gasteiger partial charge in [-0.3, -0.25) is 9.59 Å². The van der Waals surface area contributed by atoms with E-state index in [-0.39, 0.29) is 29.7 Å². The fourth-order valence-corrected chi connectivity index (χ4v) is 3.66. The molecule has 26 heavy (non-hydrogen) atoms. The Bertz CT molecular complexity index is 758. The van der Waals surface area contributed by atoms with Gasteiger partial charge in [0.05, 0.1) is 18.3 Å². The zero-order valence-corrected chi connectivity index (χ0v) is 15.6. The van der Waals surface area contributed by atoms with E-state index in [0.717, 1.165) is 36.8 Å². The molecule has 1 atom stereocenters. The van der Waals surface area contributed by atoms with Crippen molar-refractivity contribution >= 4 is 22.8 Å². The van der Waals surface area contributed by atoms with E-state index in [2.05, 4.69) is 20.8 Å². The molecule has 3 rings (SSSR count). The molecule has 0 bridgehead atoms. The molecule has 1 aromatic carbocycles. The van der Waals surface area contributed by atoms with E-state index in [1.807, 2.05) is 44.2 Å². The predicted molar refractivity (Wildman–Crippen MR) is 98.3 cm³/mol. The van der Waals surface area contributed by atoms with Crippen molar-refractivity contribution in [2.75, 3.05) is 13.1 Å². The largest absolute Gasteiger partial charge is 0.323 e. The molecule has 1 saturated heterocycles. The Morgan fingerprint density at radius 2 is 2.12 bits per heavy atom. The maximum absolute atomic E-state index is 12.8. The molecule has 1 aliphatic heterocycles. The first-order valence-corrected chi connectivity index (χ1v) is 9.46. The van der Waals surface area contributed by atoms with Crippen molar-refractivity contribution < 1.29 is 9.59 Å². The molecule has 8 nitrogen and oxygen atoms in total. The van der Waals surface area contributed by atoms with Gasteiger partial charge in [-0.25, -0.2) is 0 Å². The van der Waals surface area contributed by atoms with Crippen molar-refractivity contribution in [1.82, 2.24) is 30.4 Å². The van der Waals surface area contributed by atoms with Gasteiger partial charge in [0.15, 0.2) is 5.78 Å². The molecule has 1 fully saturated rings. The van der Waals surface area contributed by atoms with Crippen molar-refractivity contribution in [3.05, 3.63) is 30.3 Å². The van der Waals surface area contributed by atoms with Crippen molar-refractivity contribution in [3.63, 3.8) is 0 Å². The number of rotatable bonds is 6. The number of hydrogen-bond acceptors (Lipinski definition) is 7. The summed E-state index contributed by atoms with van der Waals surface area (Å²) in [4.78, 5) is 26.8. The van der Waals surface area contributed by atoms with Crippen LogP contribution >= 0.6 is 11.8 Å².